The van der Waals surface area contributed by atoms with Gasteiger partial charge in [0.25, 0.3) is 0 Å². The van der Waals surface area contributed by atoms with E-state index in [0.29, 0.717) is 5.02 Å². The lowest BCUT2D eigenvalue weighted by Gasteiger charge is -2.03. The minimum absolute atomic E-state index is 0.693. The second kappa shape index (κ2) is 4.29. The fraction of sp³-hybridized carbons (Fsp3) is 0. The van der Waals surface area contributed by atoms with E-state index in [9.17, 15) is 0 Å². The molecule has 72 valence electrons. The fourth-order valence-corrected chi connectivity index (χ4v) is 2.33. The first-order valence-electron chi connectivity index (χ1n) is 3.88. The van der Waals surface area contributed by atoms with Gasteiger partial charge in [-0.05, 0) is 28.1 Å². The first kappa shape index (κ1) is 9.96. The van der Waals surface area contributed by atoms with Crippen LogP contribution in [0.25, 0.3) is 0 Å². The lowest BCUT2D eigenvalue weighted by molar-refractivity contribution is 1.35. The quantitative estimate of drug-likeness (QED) is 0.891. The van der Waals surface area contributed by atoms with E-state index in [1.807, 2.05) is 29.6 Å². The maximum absolute atomic E-state index is 5.98. The molecule has 0 spiro atoms. The summed E-state index contributed by atoms with van der Waals surface area (Å²) in [4.78, 5) is 4.21. The summed E-state index contributed by atoms with van der Waals surface area (Å²) in [7, 11) is 0. The van der Waals surface area contributed by atoms with Crippen LogP contribution in [-0.2, 0) is 0 Å². The number of hydrogen-bond donors (Lipinski definition) is 1. The first-order valence-corrected chi connectivity index (χ1v) is 5.93. The summed E-state index contributed by atoms with van der Waals surface area (Å²) in [5.41, 5.74) is 0.871. The van der Waals surface area contributed by atoms with Gasteiger partial charge in [-0.15, -0.1) is 11.3 Å². The highest BCUT2D eigenvalue weighted by Gasteiger charge is 2.02. The van der Waals surface area contributed by atoms with Gasteiger partial charge in [0.2, 0.25) is 0 Å². The molecule has 2 rings (SSSR count). The average molecular weight is 290 g/mol. The highest BCUT2D eigenvalue weighted by molar-refractivity contribution is 9.10. The van der Waals surface area contributed by atoms with Crippen LogP contribution < -0.4 is 5.32 Å². The van der Waals surface area contributed by atoms with Gasteiger partial charge in [-0.3, -0.25) is 0 Å². The maximum atomic E-state index is 5.98. The average Bonchev–Trinajstić information content (AvgIpc) is 2.56. The largest absolute Gasteiger partial charge is 0.330 e. The Kier molecular flexibility index (Phi) is 3.05. The third-order valence-electron chi connectivity index (χ3n) is 1.59. The van der Waals surface area contributed by atoms with E-state index in [1.54, 1.807) is 0 Å². The lowest BCUT2D eigenvalue weighted by Crippen LogP contribution is -1.89. The predicted octanol–water partition coefficient (Wildman–Crippen LogP) is 4.30. The van der Waals surface area contributed by atoms with Gasteiger partial charge in [-0.2, -0.15) is 0 Å². The van der Waals surface area contributed by atoms with E-state index in [1.165, 1.54) is 11.3 Å². The molecule has 1 heterocycles. The smallest absolute Gasteiger partial charge is 0.188 e. The molecule has 1 aromatic heterocycles. The number of aromatic nitrogens is 1. The van der Waals surface area contributed by atoms with Crippen molar-refractivity contribution in [1.82, 2.24) is 4.98 Å². The molecule has 0 aliphatic carbocycles. The standard InChI is InChI=1S/C9H6BrClN2S/c10-8-5-14-9(13-8)12-7-4-2-1-3-6(7)11/h1-5H,(H,12,13). The fourth-order valence-electron chi connectivity index (χ4n) is 0.989. The molecule has 1 aromatic carbocycles. The topological polar surface area (TPSA) is 24.9 Å². The van der Waals surface area contributed by atoms with Crippen LogP contribution in [0.1, 0.15) is 0 Å². The molecule has 0 bridgehead atoms. The van der Waals surface area contributed by atoms with Crippen molar-refractivity contribution in [1.29, 1.82) is 0 Å². The summed E-state index contributed by atoms with van der Waals surface area (Å²) in [5.74, 6) is 0. The Bertz CT molecular complexity index is 444. The number of anilines is 2. The van der Waals surface area contributed by atoms with Crippen molar-refractivity contribution in [2.45, 2.75) is 0 Å². The Hall–Kier alpha value is -0.580. The van der Waals surface area contributed by atoms with Crippen LogP contribution in [0.15, 0.2) is 34.2 Å². The van der Waals surface area contributed by atoms with Crippen molar-refractivity contribution in [2.24, 2.45) is 0 Å². The predicted molar refractivity (Wildman–Crippen MR) is 64.5 cm³/mol. The summed E-state index contributed by atoms with van der Waals surface area (Å²) in [6.07, 6.45) is 0. The van der Waals surface area contributed by atoms with Crippen LogP contribution in [0, 0.1) is 0 Å². The van der Waals surface area contributed by atoms with Gasteiger partial charge in [0, 0.05) is 5.38 Å². The van der Waals surface area contributed by atoms with E-state index in [-0.39, 0.29) is 0 Å². The van der Waals surface area contributed by atoms with E-state index >= 15 is 0 Å². The Morgan fingerprint density at radius 3 is 2.79 bits per heavy atom. The van der Waals surface area contributed by atoms with Gasteiger partial charge in [0.1, 0.15) is 4.60 Å². The van der Waals surface area contributed by atoms with Crippen LogP contribution in [0.2, 0.25) is 5.02 Å². The minimum atomic E-state index is 0.693. The van der Waals surface area contributed by atoms with Gasteiger partial charge in [0.05, 0.1) is 10.7 Å². The molecule has 0 saturated carbocycles. The zero-order chi connectivity index (χ0) is 9.97. The SMILES string of the molecule is Clc1ccccc1Nc1nc(Br)cs1. The van der Waals surface area contributed by atoms with Gasteiger partial charge >= 0.3 is 0 Å². The van der Waals surface area contributed by atoms with Crippen molar-refractivity contribution in [3.63, 3.8) is 0 Å². The number of nitrogens with zero attached hydrogens (tertiary/aromatic N) is 1. The molecular formula is C9H6BrClN2S. The molecule has 0 fully saturated rings. The molecule has 0 atom stereocenters. The number of benzene rings is 1. The molecule has 5 heteroatoms. The van der Waals surface area contributed by atoms with Gasteiger partial charge in [0.15, 0.2) is 5.13 Å². The normalized spacial score (nSPS) is 10.1. The van der Waals surface area contributed by atoms with Crippen molar-refractivity contribution < 1.29 is 0 Å². The van der Waals surface area contributed by atoms with Crippen LogP contribution in [-0.4, -0.2) is 4.98 Å². The number of halogens is 2. The van der Waals surface area contributed by atoms with Crippen molar-refractivity contribution >= 4 is 49.7 Å². The minimum Gasteiger partial charge on any atom is -0.330 e. The molecule has 2 aromatic rings. The molecule has 0 amide bonds. The Morgan fingerprint density at radius 2 is 2.14 bits per heavy atom. The Morgan fingerprint density at radius 1 is 1.36 bits per heavy atom. The van der Waals surface area contributed by atoms with Gasteiger partial charge < -0.3 is 5.32 Å². The summed E-state index contributed by atoms with van der Waals surface area (Å²) >= 11 is 10.8. The Balaban J connectivity index is 2.23. The van der Waals surface area contributed by atoms with Crippen molar-refractivity contribution in [3.8, 4) is 0 Å². The van der Waals surface area contributed by atoms with E-state index in [4.69, 9.17) is 11.6 Å². The van der Waals surface area contributed by atoms with Gasteiger partial charge in [-0.1, -0.05) is 23.7 Å². The summed E-state index contributed by atoms with van der Waals surface area (Å²) in [6.45, 7) is 0. The molecule has 1 N–H and O–H groups in total. The number of rotatable bonds is 2. The maximum Gasteiger partial charge on any atom is 0.188 e. The third-order valence-corrected chi connectivity index (χ3v) is 3.39. The number of para-hydroxylation sites is 1. The molecule has 0 aliphatic rings. The molecular weight excluding hydrogens is 284 g/mol. The zero-order valence-electron chi connectivity index (χ0n) is 7.00. The zero-order valence-corrected chi connectivity index (χ0v) is 10.2. The van der Waals surface area contributed by atoms with E-state index in [2.05, 4.69) is 26.2 Å². The molecule has 0 saturated heterocycles. The first-order chi connectivity index (χ1) is 6.75. The number of thiazole rings is 1. The molecule has 0 unspecified atom stereocenters. The van der Waals surface area contributed by atoms with E-state index in [0.717, 1.165) is 15.4 Å². The van der Waals surface area contributed by atoms with Crippen LogP contribution in [0.5, 0.6) is 0 Å². The summed E-state index contributed by atoms with van der Waals surface area (Å²) in [5, 5.41) is 6.57. The van der Waals surface area contributed by atoms with Crippen LogP contribution in [0.3, 0.4) is 0 Å². The second-order valence-corrected chi connectivity index (χ2v) is 4.66. The Labute approximate surface area is 99.1 Å². The molecule has 0 aliphatic heterocycles. The number of nitrogens with one attached hydrogen (secondary N) is 1. The van der Waals surface area contributed by atoms with E-state index < -0.39 is 0 Å². The summed E-state index contributed by atoms with van der Waals surface area (Å²) < 4.78 is 0.831. The van der Waals surface area contributed by atoms with Crippen LogP contribution in [0.4, 0.5) is 10.8 Å². The second-order valence-electron chi connectivity index (χ2n) is 2.58. The van der Waals surface area contributed by atoms with Gasteiger partial charge in [-0.25, -0.2) is 4.98 Å². The van der Waals surface area contributed by atoms with Crippen molar-refractivity contribution in [2.75, 3.05) is 5.32 Å². The third kappa shape index (κ3) is 2.26. The summed E-state index contributed by atoms with van der Waals surface area (Å²) in [6, 6.07) is 7.58. The lowest BCUT2D eigenvalue weighted by atomic mass is 10.3. The molecule has 0 radical (unpaired) electrons. The van der Waals surface area contributed by atoms with Crippen molar-refractivity contribution in [3.05, 3.63) is 39.3 Å². The molecule has 2 nitrogen and oxygen atoms in total. The molecule has 14 heavy (non-hydrogen) atoms. The monoisotopic (exact) mass is 288 g/mol. The number of hydrogen-bond acceptors (Lipinski definition) is 3. The highest BCUT2D eigenvalue weighted by atomic mass is 79.9. The van der Waals surface area contributed by atoms with Crippen LogP contribution >= 0.6 is 38.9 Å². The highest BCUT2D eigenvalue weighted by Crippen LogP contribution is 2.27.